The summed E-state index contributed by atoms with van der Waals surface area (Å²) in [6, 6.07) is 0.459. The zero-order valence-corrected chi connectivity index (χ0v) is 10.1. The van der Waals surface area contributed by atoms with Crippen molar-refractivity contribution in [3.63, 3.8) is 0 Å². The Morgan fingerprint density at radius 1 is 1.33 bits per heavy atom. The molecule has 88 valence electrons. The summed E-state index contributed by atoms with van der Waals surface area (Å²) in [7, 11) is 0. The van der Waals surface area contributed by atoms with Crippen molar-refractivity contribution in [2.75, 3.05) is 13.1 Å². The number of nitrogens with zero attached hydrogens (tertiary/aromatic N) is 1. The van der Waals surface area contributed by atoms with Crippen LogP contribution < -0.4 is 5.32 Å². The highest BCUT2D eigenvalue weighted by molar-refractivity contribution is 5.74. The molecule has 1 fully saturated rings. The highest BCUT2D eigenvalue weighted by Crippen LogP contribution is 2.08. The van der Waals surface area contributed by atoms with Gasteiger partial charge in [0.2, 0.25) is 0 Å². The highest BCUT2D eigenvalue weighted by Gasteiger charge is 2.18. The number of carbonyl (C=O) groups excluding carboxylic acids is 1. The van der Waals surface area contributed by atoms with Gasteiger partial charge in [0, 0.05) is 19.1 Å². The monoisotopic (exact) mass is 212 g/mol. The molecule has 0 radical (unpaired) electrons. The second-order valence-electron chi connectivity index (χ2n) is 4.54. The minimum atomic E-state index is 0.136. The van der Waals surface area contributed by atoms with Crippen LogP contribution in [0.1, 0.15) is 52.4 Å². The molecule has 0 saturated carbocycles. The number of carbonyl (C=O) groups is 1. The number of unbranched alkanes of at least 4 members (excludes halogenated alkanes) is 2. The highest BCUT2D eigenvalue weighted by atomic mass is 16.2. The fraction of sp³-hybridized carbons (Fsp3) is 0.917. The Balaban J connectivity index is 2.13. The molecule has 2 amide bonds. The summed E-state index contributed by atoms with van der Waals surface area (Å²) in [5, 5.41) is 3.07. The van der Waals surface area contributed by atoms with Gasteiger partial charge in [-0.15, -0.1) is 0 Å². The molecule has 15 heavy (non-hydrogen) atoms. The lowest BCUT2D eigenvalue weighted by Gasteiger charge is -2.20. The number of urea groups is 1. The van der Waals surface area contributed by atoms with Gasteiger partial charge in [-0.25, -0.2) is 4.79 Å². The molecule has 0 spiro atoms. The molecular weight excluding hydrogens is 188 g/mol. The average Bonchev–Trinajstić information content (AvgIpc) is 2.70. The van der Waals surface area contributed by atoms with Crippen molar-refractivity contribution in [3.8, 4) is 0 Å². The molecule has 0 aromatic heterocycles. The van der Waals surface area contributed by atoms with E-state index in [1.807, 2.05) is 4.90 Å². The Hall–Kier alpha value is -0.730. The zero-order chi connectivity index (χ0) is 11.1. The van der Waals surface area contributed by atoms with Crippen LogP contribution in [0.15, 0.2) is 0 Å². The van der Waals surface area contributed by atoms with Crippen LogP contribution in [0.2, 0.25) is 0 Å². The molecule has 3 heteroatoms. The maximum absolute atomic E-state index is 11.7. The van der Waals surface area contributed by atoms with Crippen molar-refractivity contribution in [2.45, 2.75) is 58.4 Å². The molecule has 1 aliphatic heterocycles. The van der Waals surface area contributed by atoms with E-state index < -0.39 is 0 Å². The summed E-state index contributed by atoms with van der Waals surface area (Å²) in [6.07, 6.45) is 7.16. The molecule has 1 N–H and O–H groups in total. The first-order valence-corrected chi connectivity index (χ1v) is 6.29. The topological polar surface area (TPSA) is 32.3 Å². The zero-order valence-electron chi connectivity index (χ0n) is 10.1. The lowest BCUT2D eigenvalue weighted by molar-refractivity contribution is 0.204. The van der Waals surface area contributed by atoms with E-state index in [1.165, 1.54) is 19.3 Å². The number of rotatable bonds is 5. The van der Waals surface area contributed by atoms with Gasteiger partial charge in [0.25, 0.3) is 0 Å². The van der Waals surface area contributed by atoms with Crippen LogP contribution >= 0.6 is 0 Å². The lowest BCUT2D eigenvalue weighted by atomic mass is 10.1. The van der Waals surface area contributed by atoms with Crippen LogP contribution in [0.3, 0.4) is 0 Å². The van der Waals surface area contributed by atoms with Crippen LogP contribution in [-0.4, -0.2) is 30.1 Å². The van der Waals surface area contributed by atoms with E-state index in [0.29, 0.717) is 6.04 Å². The Morgan fingerprint density at radius 3 is 2.60 bits per heavy atom. The number of amides is 2. The van der Waals surface area contributed by atoms with E-state index in [4.69, 9.17) is 0 Å². The average molecular weight is 212 g/mol. The van der Waals surface area contributed by atoms with Crippen LogP contribution in [0.5, 0.6) is 0 Å². The number of hydrogen-bond acceptors (Lipinski definition) is 1. The minimum absolute atomic E-state index is 0.136. The van der Waals surface area contributed by atoms with Gasteiger partial charge in [0.15, 0.2) is 0 Å². The Labute approximate surface area is 93.2 Å². The first-order valence-electron chi connectivity index (χ1n) is 6.29. The molecule has 1 atom stereocenters. The van der Waals surface area contributed by atoms with Gasteiger partial charge >= 0.3 is 6.03 Å². The molecule has 1 heterocycles. The molecule has 0 aromatic rings. The van der Waals surface area contributed by atoms with E-state index in [1.54, 1.807) is 0 Å². The van der Waals surface area contributed by atoms with Gasteiger partial charge in [-0.3, -0.25) is 0 Å². The van der Waals surface area contributed by atoms with Crippen LogP contribution in [0.4, 0.5) is 4.79 Å². The smallest absolute Gasteiger partial charge is 0.317 e. The molecule has 3 nitrogen and oxygen atoms in total. The standard InChI is InChI=1S/C12H24N2O/c1-3-4-5-8-11(2)13-12(15)14-9-6-7-10-14/h11H,3-10H2,1-2H3,(H,13,15). The molecule has 1 saturated heterocycles. The fourth-order valence-electron chi connectivity index (χ4n) is 1.99. The third-order valence-corrected chi connectivity index (χ3v) is 3.00. The molecule has 0 aliphatic carbocycles. The number of likely N-dealkylation sites (tertiary alicyclic amines) is 1. The minimum Gasteiger partial charge on any atom is -0.336 e. The second-order valence-corrected chi connectivity index (χ2v) is 4.54. The van der Waals surface area contributed by atoms with Crippen molar-refractivity contribution in [2.24, 2.45) is 0 Å². The Bertz CT molecular complexity index is 188. The Kier molecular flexibility index (Phi) is 5.51. The van der Waals surface area contributed by atoms with Crippen molar-refractivity contribution >= 4 is 6.03 Å². The molecule has 0 aromatic carbocycles. The third-order valence-electron chi connectivity index (χ3n) is 3.00. The van der Waals surface area contributed by atoms with Gasteiger partial charge < -0.3 is 10.2 Å². The van der Waals surface area contributed by atoms with E-state index in [-0.39, 0.29) is 6.03 Å². The van der Waals surface area contributed by atoms with Crippen molar-refractivity contribution in [3.05, 3.63) is 0 Å². The summed E-state index contributed by atoms with van der Waals surface area (Å²) in [4.78, 5) is 13.6. The molecule has 1 aliphatic rings. The predicted molar refractivity (Wildman–Crippen MR) is 62.9 cm³/mol. The first kappa shape index (κ1) is 12.3. The summed E-state index contributed by atoms with van der Waals surface area (Å²) in [5.74, 6) is 0. The van der Waals surface area contributed by atoms with Crippen LogP contribution in [0.25, 0.3) is 0 Å². The fourth-order valence-corrected chi connectivity index (χ4v) is 1.99. The third kappa shape index (κ3) is 4.54. The second kappa shape index (κ2) is 6.70. The van der Waals surface area contributed by atoms with Crippen LogP contribution in [0, 0.1) is 0 Å². The van der Waals surface area contributed by atoms with Crippen molar-refractivity contribution in [1.29, 1.82) is 0 Å². The van der Waals surface area contributed by atoms with Gasteiger partial charge in [0.05, 0.1) is 0 Å². The number of hydrogen-bond donors (Lipinski definition) is 1. The Morgan fingerprint density at radius 2 is 2.00 bits per heavy atom. The molecule has 0 bridgehead atoms. The lowest BCUT2D eigenvalue weighted by Crippen LogP contribution is -2.42. The largest absolute Gasteiger partial charge is 0.336 e. The molecule has 1 unspecified atom stereocenters. The van der Waals surface area contributed by atoms with Crippen LogP contribution in [-0.2, 0) is 0 Å². The van der Waals surface area contributed by atoms with Crippen molar-refractivity contribution in [1.82, 2.24) is 10.2 Å². The van der Waals surface area contributed by atoms with E-state index >= 15 is 0 Å². The normalized spacial score (nSPS) is 17.9. The SMILES string of the molecule is CCCCCC(C)NC(=O)N1CCCC1. The number of nitrogens with one attached hydrogen (secondary N) is 1. The summed E-state index contributed by atoms with van der Waals surface area (Å²) < 4.78 is 0. The van der Waals surface area contributed by atoms with Crippen molar-refractivity contribution < 1.29 is 4.79 Å². The van der Waals surface area contributed by atoms with Gasteiger partial charge in [-0.1, -0.05) is 26.2 Å². The quantitative estimate of drug-likeness (QED) is 0.698. The van der Waals surface area contributed by atoms with E-state index in [0.717, 1.165) is 32.4 Å². The maximum atomic E-state index is 11.7. The van der Waals surface area contributed by atoms with Gasteiger partial charge in [-0.05, 0) is 26.2 Å². The van der Waals surface area contributed by atoms with E-state index in [2.05, 4.69) is 19.2 Å². The van der Waals surface area contributed by atoms with E-state index in [9.17, 15) is 4.79 Å². The molecular formula is C12H24N2O. The van der Waals surface area contributed by atoms with Gasteiger partial charge in [-0.2, -0.15) is 0 Å². The maximum Gasteiger partial charge on any atom is 0.317 e. The molecule has 1 rings (SSSR count). The summed E-state index contributed by atoms with van der Waals surface area (Å²) >= 11 is 0. The predicted octanol–water partition coefficient (Wildman–Crippen LogP) is 2.76. The van der Waals surface area contributed by atoms with Gasteiger partial charge in [0.1, 0.15) is 0 Å². The summed E-state index contributed by atoms with van der Waals surface area (Å²) in [5.41, 5.74) is 0. The first-order chi connectivity index (χ1) is 7.24. The summed E-state index contributed by atoms with van der Waals surface area (Å²) in [6.45, 7) is 6.18.